The van der Waals surface area contributed by atoms with Gasteiger partial charge in [0.15, 0.2) is 0 Å². The van der Waals surface area contributed by atoms with Crippen molar-refractivity contribution in [2.45, 2.75) is 194 Å². The lowest BCUT2D eigenvalue weighted by atomic mass is 10.1. The van der Waals surface area contributed by atoms with Crippen molar-refractivity contribution in [1.29, 1.82) is 0 Å². The molecule has 0 saturated carbocycles. The molecule has 0 atom stereocenters. The van der Waals surface area contributed by atoms with E-state index in [0.717, 1.165) is 38.5 Å². The van der Waals surface area contributed by atoms with Gasteiger partial charge in [0.2, 0.25) is 0 Å². The van der Waals surface area contributed by atoms with Gasteiger partial charge >= 0.3 is 0 Å². The number of hydrogen-bond donors (Lipinski definition) is 1. The minimum Gasteiger partial charge on any atom is -0.497 e. The Labute approximate surface area is 277 Å². The molecule has 0 aliphatic rings. The van der Waals surface area contributed by atoms with E-state index in [4.69, 9.17) is 9.47 Å². The largest absolute Gasteiger partial charge is 0.497 e. The van der Waals surface area contributed by atoms with Gasteiger partial charge in [-0.25, -0.2) is 0 Å². The summed E-state index contributed by atoms with van der Waals surface area (Å²) in [4.78, 5) is 0. The molecule has 1 N–H and O–H groups in total. The Morgan fingerprint density at radius 1 is 0.455 bits per heavy atom. The molecule has 0 aromatic carbocycles. The Bertz CT molecular complexity index is 599. The molecule has 0 rings (SSSR count). The van der Waals surface area contributed by atoms with Gasteiger partial charge in [-0.2, -0.15) is 0 Å². The van der Waals surface area contributed by atoms with E-state index in [1.807, 2.05) is 0 Å². The molecule has 3 heteroatoms. The first kappa shape index (κ1) is 42.9. The van der Waals surface area contributed by atoms with Crippen LogP contribution in [0, 0.1) is 0 Å². The van der Waals surface area contributed by atoms with Crippen LogP contribution < -0.4 is 5.32 Å². The molecule has 260 valence electrons. The highest BCUT2D eigenvalue weighted by atomic mass is 16.5. The monoisotopic (exact) mass is 618 g/mol. The predicted molar refractivity (Wildman–Crippen MR) is 198 cm³/mol. The van der Waals surface area contributed by atoms with Crippen LogP contribution in [-0.2, 0) is 9.47 Å². The minimum absolute atomic E-state index is 0.707. The van der Waals surface area contributed by atoms with Crippen LogP contribution in [0.3, 0.4) is 0 Å². The van der Waals surface area contributed by atoms with E-state index in [9.17, 15) is 0 Å². The van der Waals surface area contributed by atoms with E-state index in [1.54, 1.807) is 0 Å². The SMILES string of the molecule is C=C(CCCCCCC/C=C\CCCCCCCC)OCCNCCOCCCCCCCC/C=C\CCCCCCCC. The Hall–Kier alpha value is -1.06. The molecule has 0 fully saturated rings. The van der Waals surface area contributed by atoms with Crippen molar-refractivity contribution in [3.05, 3.63) is 36.6 Å². The zero-order chi connectivity index (χ0) is 31.9. The van der Waals surface area contributed by atoms with Crippen molar-refractivity contribution < 1.29 is 9.47 Å². The highest BCUT2D eigenvalue weighted by Gasteiger charge is 1.98. The number of rotatable bonds is 38. The quantitative estimate of drug-likeness (QED) is 0.0425. The highest BCUT2D eigenvalue weighted by Crippen LogP contribution is 2.13. The lowest BCUT2D eigenvalue weighted by molar-refractivity contribution is 0.129. The summed E-state index contributed by atoms with van der Waals surface area (Å²) in [6, 6.07) is 0. The van der Waals surface area contributed by atoms with E-state index in [-0.39, 0.29) is 0 Å². The molecule has 0 spiro atoms. The van der Waals surface area contributed by atoms with Crippen LogP contribution in [0.15, 0.2) is 36.6 Å². The fourth-order valence-corrected chi connectivity index (χ4v) is 5.56. The third-order valence-electron chi connectivity index (χ3n) is 8.53. The molecule has 0 saturated heterocycles. The fourth-order valence-electron chi connectivity index (χ4n) is 5.56. The van der Waals surface area contributed by atoms with Crippen LogP contribution in [0.1, 0.15) is 194 Å². The molecule has 0 radical (unpaired) electrons. The van der Waals surface area contributed by atoms with Crippen LogP contribution in [-0.4, -0.2) is 32.9 Å². The third kappa shape index (κ3) is 39.0. The van der Waals surface area contributed by atoms with Crippen molar-refractivity contribution in [3.63, 3.8) is 0 Å². The van der Waals surface area contributed by atoms with Crippen molar-refractivity contribution in [2.75, 3.05) is 32.9 Å². The summed E-state index contributed by atoms with van der Waals surface area (Å²) in [7, 11) is 0. The van der Waals surface area contributed by atoms with Crippen LogP contribution in [0.5, 0.6) is 0 Å². The molecule has 44 heavy (non-hydrogen) atoms. The standard InChI is InChI=1S/C41H79NO2/c1-4-6-8-10-12-14-16-18-20-22-24-26-28-30-32-34-38-43-39-36-42-37-40-44-41(3)35-33-31-29-27-25-23-21-19-17-15-13-11-9-7-5-2/h18-21,42H,3-17,22-40H2,1-2H3/b20-18-,21-19-. The first-order valence-electron chi connectivity index (χ1n) is 19.7. The van der Waals surface area contributed by atoms with Crippen LogP contribution in [0.25, 0.3) is 0 Å². The number of ether oxygens (including phenoxy) is 2. The lowest BCUT2D eigenvalue weighted by Gasteiger charge is -2.10. The molecule has 0 aliphatic carbocycles. The van der Waals surface area contributed by atoms with Crippen molar-refractivity contribution in [1.82, 2.24) is 5.32 Å². The van der Waals surface area contributed by atoms with Crippen molar-refractivity contribution in [3.8, 4) is 0 Å². The average Bonchev–Trinajstić information content (AvgIpc) is 3.03. The van der Waals surface area contributed by atoms with Crippen molar-refractivity contribution >= 4 is 0 Å². The van der Waals surface area contributed by atoms with E-state index in [0.29, 0.717) is 6.61 Å². The van der Waals surface area contributed by atoms with Crippen LogP contribution >= 0.6 is 0 Å². The second kappa shape index (κ2) is 40.0. The van der Waals surface area contributed by atoms with Crippen LogP contribution in [0.2, 0.25) is 0 Å². The van der Waals surface area contributed by atoms with Gasteiger partial charge in [0, 0.05) is 26.1 Å². The Morgan fingerprint density at radius 3 is 1.32 bits per heavy atom. The van der Waals surface area contributed by atoms with Gasteiger partial charge < -0.3 is 14.8 Å². The number of nitrogens with one attached hydrogen (secondary N) is 1. The first-order valence-corrected chi connectivity index (χ1v) is 19.7. The van der Waals surface area contributed by atoms with Gasteiger partial charge in [0.05, 0.1) is 12.4 Å². The summed E-state index contributed by atoms with van der Waals surface area (Å²) in [6.45, 7) is 12.8. The van der Waals surface area contributed by atoms with E-state index < -0.39 is 0 Å². The summed E-state index contributed by atoms with van der Waals surface area (Å²) in [5.74, 6) is 0.945. The number of unbranched alkanes of at least 4 members (excludes halogenated alkanes) is 23. The number of hydrogen-bond acceptors (Lipinski definition) is 3. The third-order valence-corrected chi connectivity index (χ3v) is 8.53. The van der Waals surface area contributed by atoms with E-state index in [1.165, 1.54) is 173 Å². The molecular formula is C41H79NO2. The molecule has 0 amide bonds. The average molecular weight is 618 g/mol. The number of allylic oxidation sites excluding steroid dienone is 5. The Kier molecular flexibility index (Phi) is 39.0. The van der Waals surface area contributed by atoms with Gasteiger partial charge in [-0.3, -0.25) is 0 Å². The molecule has 0 bridgehead atoms. The maximum atomic E-state index is 5.79. The Balaban J connectivity index is 3.20. The lowest BCUT2D eigenvalue weighted by Crippen LogP contribution is -2.24. The zero-order valence-corrected chi connectivity index (χ0v) is 30.2. The smallest absolute Gasteiger partial charge is 0.100 e. The maximum absolute atomic E-state index is 5.79. The van der Waals surface area contributed by atoms with E-state index in [2.05, 4.69) is 50.0 Å². The zero-order valence-electron chi connectivity index (χ0n) is 30.2. The highest BCUT2D eigenvalue weighted by molar-refractivity contribution is 4.83. The summed E-state index contributed by atoms with van der Waals surface area (Å²) in [5, 5.41) is 3.42. The second-order valence-electron chi connectivity index (χ2n) is 13.0. The van der Waals surface area contributed by atoms with Gasteiger partial charge in [0.25, 0.3) is 0 Å². The fraction of sp³-hybridized carbons (Fsp3) is 0.854. The minimum atomic E-state index is 0.707. The molecule has 0 aromatic heterocycles. The molecule has 0 aromatic rings. The molecule has 3 nitrogen and oxygen atoms in total. The van der Waals surface area contributed by atoms with Gasteiger partial charge in [-0.1, -0.05) is 154 Å². The second-order valence-corrected chi connectivity index (χ2v) is 13.0. The summed E-state index contributed by atoms with van der Waals surface area (Å²) >= 11 is 0. The normalized spacial score (nSPS) is 11.8. The van der Waals surface area contributed by atoms with Crippen LogP contribution in [0.4, 0.5) is 0 Å². The van der Waals surface area contributed by atoms with Gasteiger partial charge in [-0.05, 0) is 64.2 Å². The molecular weight excluding hydrogens is 538 g/mol. The summed E-state index contributed by atoms with van der Waals surface area (Å²) in [6.07, 6.45) is 46.9. The summed E-state index contributed by atoms with van der Waals surface area (Å²) < 4.78 is 11.6. The van der Waals surface area contributed by atoms with Gasteiger partial charge in [0.1, 0.15) is 6.61 Å². The molecule has 0 aliphatic heterocycles. The topological polar surface area (TPSA) is 30.5 Å². The molecule has 0 unspecified atom stereocenters. The molecule has 0 heterocycles. The maximum Gasteiger partial charge on any atom is 0.100 e. The summed E-state index contributed by atoms with van der Waals surface area (Å²) in [5.41, 5.74) is 0. The predicted octanol–water partition coefficient (Wildman–Crippen LogP) is 13.2. The van der Waals surface area contributed by atoms with Gasteiger partial charge in [-0.15, -0.1) is 0 Å². The van der Waals surface area contributed by atoms with Crippen molar-refractivity contribution in [2.24, 2.45) is 0 Å². The first-order chi connectivity index (χ1) is 21.8. The Morgan fingerprint density at radius 2 is 0.841 bits per heavy atom. The van der Waals surface area contributed by atoms with E-state index >= 15 is 0 Å².